The largest absolute Gasteiger partial charge is 0.494 e. The lowest BCUT2D eigenvalue weighted by Gasteiger charge is -2.10. The van der Waals surface area contributed by atoms with E-state index in [0.717, 1.165) is 15.7 Å². The van der Waals surface area contributed by atoms with E-state index in [2.05, 4.69) is 15.6 Å². The van der Waals surface area contributed by atoms with Gasteiger partial charge in [-0.2, -0.15) is 0 Å². The molecular formula is C29H24N4O5S. The van der Waals surface area contributed by atoms with E-state index in [1.165, 1.54) is 6.07 Å². The number of carbonyl (C=O) groups is 2. The number of rotatable bonds is 8. The van der Waals surface area contributed by atoms with Crippen molar-refractivity contribution < 1.29 is 19.1 Å². The Hall–Kier alpha value is -4.96. The van der Waals surface area contributed by atoms with E-state index in [0.29, 0.717) is 40.9 Å². The molecule has 0 atom stereocenters. The molecule has 9 nitrogen and oxygen atoms in total. The Morgan fingerprint density at radius 3 is 2.08 bits per heavy atom. The number of amides is 2. The van der Waals surface area contributed by atoms with Gasteiger partial charge in [-0.3, -0.25) is 14.4 Å². The number of hydrogen-bond donors (Lipinski definition) is 2. The molecule has 0 spiro atoms. The van der Waals surface area contributed by atoms with Crippen LogP contribution < -0.4 is 25.7 Å². The molecule has 0 bridgehead atoms. The van der Waals surface area contributed by atoms with Gasteiger partial charge in [-0.25, -0.2) is 9.38 Å². The van der Waals surface area contributed by atoms with Crippen LogP contribution in [-0.4, -0.2) is 27.8 Å². The average molecular weight is 541 g/mol. The van der Waals surface area contributed by atoms with Gasteiger partial charge in [0.2, 0.25) is 0 Å². The van der Waals surface area contributed by atoms with Crippen LogP contribution in [-0.2, 0) is 0 Å². The molecule has 3 aromatic carbocycles. The van der Waals surface area contributed by atoms with Crippen molar-refractivity contribution in [1.82, 2.24) is 9.38 Å². The second-order valence-electron chi connectivity index (χ2n) is 8.44. The number of thiazole rings is 1. The zero-order valence-corrected chi connectivity index (χ0v) is 22.0. The first-order valence-corrected chi connectivity index (χ1v) is 12.9. The molecule has 0 saturated carbocycles. The first kappa shape index (κ1) is 25.7. The molecule has 0 aliphatic heterocycles. The van der Waals surface area contributed by atoms with Crippen molar-refractivity contribution in [2.24, 2.45) is 0 Å². The molecule has 10 heteroatoms. The maximum absolute atomic E-state index is 13.4. The number of fused-ring (bicyclic) bond motifs is 1. The predicted molar refractivity (Wildman–Crippen MR) is 151 cm³/mol. The highest BCUT2D eigenvalue weighted by atomic mass is 32.1. The van der Waals surface area contributed by atoms with Crippen molar-refractivity contribution in [2.75, 3.05) is 17.2 Å². The molecule has 0 saturated heterocycles. The van der Waals surface area contributed by atoms with Crippen molar-refractivity contribution >= 4 is 39.5 Å². The number of nitrogens with zero attached hydrogens (tertiary/aromatic N) is 2. The van der Waals surface area contributed by atoms with E-state index in [4.69, 9.17) is 9.47 Å². The van der Waals surface area contributed by atoms with Crippen LogP contribution in [0.2, 0.25) is 0 Å². The number of aromatic nitrogens is 2. The first-order valence-electron chi connectivity index (χ1n) is 12.1. The van der Waals surface area contributed by atoms with Crippen LogP contribution in [0.3, 0.4) is 0 Å². The molecular weight excluding hydrogens is 516 g/mol. The maximum Gasteiger partial charge on any atom is 0.274 e. The van der Waals surface area contributed by atoms with Crippen LogP contribution in [0.1, 0.15) is 32.8 Å². The van der Waals surface area contributed by atoms with Crippen LogP contribution >= 0.6 is 11.3 Å². The predicted octanol–water partition coefficient (Wildman–Crippen LogP) is 5.76. The van der Waals surface area contributed by atoms with Gasteiger partial charge < -0.3 is 20.1 Å². The van der Waals surface area contributed by atoms with Crippen LogP contribution in [0.4, 0.5) is 11.4 Å². The summed E-state index contributed by atoms with van der Waals surface area (Å²) in [6.45, 7) is 4.08. The summed E-state index contributed by atoms with van der Waals surface area (Å²) in [4.78, 5) is 44.3. The highest BCUT2D eigenvalue weighted by molar-refractivity contribution is 7.19. The summed E-state index contributed by atoms with van der Waals surface area (Å²) in [5, 5.41) is 5.57. The molecule has 5 aromatic rings. The van der Waals surface area contributed by atoms with E-state index in [1.807, 2.05) is 37.3 Å². The molecule has 2 heterocycles. The number of aryl methyl sites for hydroxylation is 1. The van der Waals surface area contributed by atoms with Gasteiger partial charge in [0, 0.05) is 23.1 Å². The Bertz CT molecular complexity index is 1690. The van der Waals surface area contributed by atoms with E-state index in [9.17, 15) is 14.4 Å². The lowest BCUT2D eigenvalue weighted by Crippen LogP contribution is -2.25. The van der Waals surface area contributed by atoms with Crippen LogP contribution in [0.25, 0.3) is 4.96 Å². The van der Waals surface area contributed by atoms with Gasteiger partial charge in [-0.1, -0.05) is 29.5 Å². The smallest absolute Gasteiger partial charge is 0.274 e. The molecule has 0 radical (unpaired) electrons. The maximum atomic E-state index is 13.4. The molecule has 0 aliphatic rings. The fraction of sp³-hybridized carbons (Fsp3) is 0.103. The number of anilines is 2. The van der Waals surface area contributed by atoms with Crippen LogP contribution in [0.5, 0.6) is 17.2 Å². The molecule has 2 amide bonds. The summed E-state index contributed by atoms with van der Waals surface area (Å²) in [5.74, 6) is 0.789. The monoisotopic (exact) mass is 540 g/mol. The van der Waals surface area contributed by atoms with Gasteiger partial charge in [0.1, 0.15) is 27.8 Å². The highest BCUT2D eigenvalue weighted by Gasteiger charge is 2.26. The Balaban J connectivity index is 1.42. The van der Waals surface area contributed by atoms with Crippen LogP contribution in [0, 0.1) is 6.92 Å². The summed E-state index contributed by atoms with van der Waals surface area (Å²) in [5.41, 5.74) is 0.916. The summed E-state index contributed by atoms with van der Waals surface area (Å²) in [6.07, 6.45) is 0. The van der Waals surface area contributed by atoms with Gasteiger partial charge in [-0.15, -0.1) is 0 Å². The molecule has 0 aliphatic carbocycles. The number of ether oxygens (including phenoxy) is 2. The summed E-state index contributed by atoms with van der Waals surface area (Å²) < 4.78 is 12.4. The lowest BCUT2D eigenvalue weighted by atomic mass is 10.2. The minimum Gasteiger partial charge on any atom is -0.494 e. The fourth-order valence-corrected chi connectivity index (χ4v) is 4.92. The van der Waals surface area contributed by atoms with E-state index in [-0.39, 0.29) is 15.5 Å². The van der Waals surface area contributed by atoms with Gasteiger partial charge in [0.15, 0.2) is 4.96 Å². The Labute approximate surface area is 227 Å². The van der Waals surface area contributed by atoms with Crippen molar-refractivity contribution in [3.05, 3.63) is 112 Å². The Morgan fingerprint density at radius 1 is 0.846 bits per heavy atom. The van der Waals surface area contributed by atoms with Crippen molar-refractivity contribution in [3.63, 3.8) is 0 Å². The zero-order chi connectivity index (χ0) is 27.4. The Kier molecular flexibility index (Phi) is 7.37. The third-order valence-electron chi connectivity index (χ3n) is 5.58. The quantitative estimate of drug-likeness (QED) is 0.259. The molecule has 196 valence electrons. The molecule has 0 fully saturated rings. The number of benzene rings is 3. The highest BCUT2D eigenvalue weighted by Crippen LogP contribution is 2.26. The normalized spacial score (nSPS) is 10.7. The van der Waals surface area contributed by atoms with Gasteiger partial charge in [0.05, 0.1) is 6.61 Å². The SMILES string of the molecule is CCOc1ccc(NC(=O)c2c(C(=O)Nc3ccc(Oc4ccccc4)cc3)sc3nc(C)cc(=O)n23)cc1. The minimum atomic E-state index is -0.616. The Morgan fingerprint density at radius 2 is 1.44 bits per heavy atom. The first-order chi connectivity index (χ1) is 18.9. The number of carbonyl (C=O) groups excluding carboxylic acids is 2. The van der Waals surface area contributed by atoms with E-state index < -0.39 is 17.4 Å². The van der Waals surface area contributed by atoms with E-state index >= 15 is 0 Å². The van der Waals surface area contributed by atoms with Gasteiger partial charge >= 0.3 is 0 Å². The molecule has 39 heavy (non-hydrogen) atoms. The van der Waals surface area contributed by atoms with Gasteiger partial charge in [-0.05, 0) is 74.5 Å². The number of hydrogen-bond acceptors (Lipinski definition) is 7. The third kappa shape index (κ3) is 5.81. The number of para-hydroxylation sites is 1. The summed E-state index contributed by atoms with van der Waals surface area (Å²) >= 11 is 0.967. The molecule has 2 N–H and O–H groups in total. The molecule has 5 rings (SSSR count). The fourth-order valence-electron chi connectivity index (χ4n) is 3.85. The van der Waals surface area contributed by atoms with Crippen molar-refractivity contribution in [3.8, 4) is 17.2 Å². The summed E-state index contributed by atoms with van der Waals surface area (Å²) in [6, 6.07) is 24.3. The average Bonchev–Trinajstić information content (AvgIpc) is 3.32. The van der Waals surface area contributed by atoms with Crippen LogP contribution in [0.15, 0.2) is 89.7 Å². The minimum absolute atomic E-state index is 0.0539. The second-order valence-corrected chi connectivity index (χ2v) is 9.42. The zero-order valence-electron chi connectivity index (χ0n) is 21.1. The van der Waals surface area contributed by atoms with Gasteiger partial charge in [0.25, 0.3) is 17.4 Å². The lowest BCUT2D eigenvalue weighted by molar-refractivity contribution is 0.0989. The van der Waals surface area contributed by atoms with E-state index in [1.54, 1.807) is 55.5 Å². The molecule has 0 unspecified atom stereocenters. The standard InChI is InChI=1S/C29H24N4O5S/c1-3-37-21-13-9-19(10-14-21)31-27(35)25-26(39-29-30-18(2)17-24(34)33(25)29)28(36)32-20-11-15-23(16-12-20)38-22-7-5-4-6-8-22/h4-17H,3H2,1-2H3,(H,31,35)(H,32,36). The third-order valence-corrected chi connectivity index (χ3v) is 6.62. The number of nitrogens with one attached hydrogen (secondary N) is 2. The summed E-state index contributed by atoms with van der Waals surface area (Å²) in [7, 11) is 0. The van der Waals surface area contributed by atoms with Crippen molar-refractivity contribution in [2.45, 2.75) is 13.8 Å². The van der Waals surface area contributed by atoms with Crippen molar-refractivity contribution in [1.29, 1.82) is 0 Å². The second kappa shape index (κ2) is 11.2. The topological polar surface area (TPSA) is 111 Å². The molecule has 2 aromatic heterocycles.